The van der Waals surface area contributed by atoms with Crippen molar-refractivity contribution in [2.24, 2.45) is 0 Å². The molecule has 1 aliphatic rings. The third-order valence-electron chi connectivity index (χ3n) is 3.47. The number of sulfone groups is 1. The lowest BCUT2D eigenvalue weighted by molar-refractivity contribution is -0.384. The topological polar surface area (TPSA) is 97.6 Å². The first-order valence-electron chi connectivity index (χ1n) is 6.13. The maximum atomic E-state index is 12.3. The first-order chi connectivity index (χ1) is 9.71. The van der Waals surface area contributed by atoms with E-state index in [0.29, 0.717) is 6.42 Å². The van der Waals surface area contributed by atoms with Crippen molar-refractivity contribution in [3.05, 3.63) is 38.9 Å². The highest BCUT2D eigenvalue weighted by Gasteiger charge is 2.33. The standard InChI is InChI=1S/C12H13ClN2O5S/c1-14(9-4-5-21(19,20)7-9)12(16)10-3-2-8(15(17)18)6-11(10)13/h2-3,6,9H,4-5,7H2,1H3. The Morgan fingerprint density at radius 1 is 1.48 bits per heavy atom. The summed E-state index contributed by atoms with van der Waals surface area (Å²) in [7, 11) is -1.59. The van der Waals surface area contributed by atoms with Gasteiger partial charge in [0.2, 0.25) is 0 Å². The number of carbonyl (C=O) groups is 1. The second kappa shape index (κ2) is 5.61. The fourth-order valence-electron chi connectivity index (χ4n) is 2.23. The summed E-state index contributed by atoms with van der Waals surface area (Å²) in [6, 6.07) is 3.18. The van der Waals surface area contributed by atoms with Crippen LogP contribution in [0.2, 0.25) is 5.02 Å². The second-order valence-corrected chi connectivity index (χ2v) is 7.53. The van der Waals surface area contributed by atoms with Gasteiger partial charge in [-0.25, -0.2) is 8.42 Å². The Hall–Kier alpha value is -1.67. The van der Waals surface area contributed by atoms with Crippen LogP contribution in [0.1, 0.15) is 16.8 Å². The van der Waals surface area contributed by atoms with Gasteiger partial charge in [0.15, 0.2) is 9.84 Å². The molecule has 0 aromatic heterocycles. The molecule has 1 fully saturated rings. The SMILES string of the molecule is CN(C(=O)c1ccc([N+](=O)[O-])cc1Cl)C1CCS(=O)(=O)C1. The van der Waals surface area contributed by atoms with Gasteiger partial charge in [0.25, 0.3) is 11.6 Å². The zero-order valence-electron chi connectivity index (χ0n) is 11.2. The Morgan fingerprint density at radius 2 is 2.14 bits per heavy atom. The van der Waals surface area contributed by atoms with E-state index in [-0.39, 0.29) is 27.8 Å². The van der Waals surface area contributed by atoms with E-state index in [1.165, 1.54) is 24.1 Å². The van der Waals surface area contributed by atoms with Crippen LogP contribution >= 0.6 is 11.6 Å². The summed E-state index contributed by atoms with van der Waals surface area (Å²) < 4.78 is 22.9. The summed E-state index contributed by atoms with van der Waals surface area (Å²) >= 11 is 5.90. The molecule has 0 radical (unpaired) electrons. The minimum atomic E-state index is -3.10. The van der Waals surface area contributed by atoms with Gasteiger partial charge in [0.05, 0.1) is 27.0 Å². The lowest BCUT2D eigenvalue weighted by atomic mass is 10.1. The Labute approximate surface area is 126 Å². The fraction of sp³-hybridized carbons (Fsp3) is 0.417. The van der Waals surface area contributed by atoms with Gasteiger partial charge in [0.1, 0.15) is 0 Å². The maximum Gasteiger partial charge on any atom is 0.270 e. The molecule has 0 saturated carbocycles. The first-order valence-corrected chi connectivity index (χ1v) is 8.33. The number of rotatable bonds is 3. The molecule has 0 N–H and O–H groups in total. The van der Waals surface area contributed by atoms with Crippen molar-refractivity contribution in [1.82, 2.24) is 4.90 Å². The Morgan fingerprint density at radius 3 is 2.62 bits per heavy atom. The van der Waals surface area contributed by atoms with Crippen LogP contribution in [0.25, 0.3) is 0 Å². The van der Waals surface area contributed by atoms with Crippen LogP contribution in [-0.2, 0) is 9.84 Å². The van der Waals surface area contributed by atoms with Gasteiger partial charge < -0.3 is 4.90 Å². The smallest absolute Gasteiger partial charge is 0.270 e. The lowest BCUT2D eigenvalue weighted by Crippen LogP contribution is -2.37. The quantitative estimate of drug-likeness (QED) is 0.617. The molecule has 21 heavy (non-hydrogen) atoms. The highest BCUT2D eigenvalue weighted by atomic mass is 35.5. The molecule has 0 spiro atoms. The molecule has 0 bridgehead atoms. The molecule has 114 valence electrons. The summed E-state index contributed by atoms with van der Waals surface area (Å²) in [5.41, 5.74) is -0.0864. The molecule has 1 amide bonds. The third-order valence-corrected chi connectivity index (χ3v) is 5.53. The van der Waals surface area contributed by atoms with Crippen LogP contribution in [0.5, 0.6) is 0 Å². The minimum Gasteiger partial charge on any atom is -0.338 e. The lowest BCUT2D eigenvalue weighted by Gasteiger charge is -2.23. The van der Waals surface area contributed by atoms with Crippen LogP contribution in [0.3, 0.4) is 0 Å². The van der Waals surface area contributed by atoms with E-state index < -0.39 is 26.7 Å². The minimum absolute atomic E-state index is 0.0260. The van der Waals surface area contributed by atoms with E-state index in [1.807, 2.05) is 0 Å². The van der Waals surface area contributed by atoms with Crippen molar-refractivity contribution in [3.8, 4) is 0 Å². The van der Waals surface area contributed by atoms with Gasteiger partial charge in [-0.1, -0.05) is 11.6 Å². The van der Waals surface area contributed by atoms with Crippen molar-refractivity contribution in [2.75, 3.05) is 18.6 Å². The van der Waals surface area contributed by atoms with Crippen molar-refractivity contribution >= 4 is 33.0 Å². The van der Waals surface area contributed by atoms with Gasteiger partial charge in [-0.2, -0.15) is 0 Å². The second-order valence-electron chi connectivity index (χ2n) is 4.89. The molecule has 1 heterocycles. The Bertz CT molecular complexity index is 704. The van der Waals surface area contributed by atoms with Crippen LogP contribution in [0.15, 0.2) is 18.2 Å². The molecule has 1 saturated heterocycles. The van der Waals surface area contributed by atoms with Crippen LogP contribution in [-0.4, -0.2) is 48.7 Å². The molecule has 1 aromatic carbocycles. The van der Waals surface area contributed by atoms with Gasteiger partial charge >= 0.3 is 0 Å². The number of amides is 1. The zero-order chi connectivity index (χ0) is 15.8. The number of nitro groups is 1. The average molecular weight is 333 g/mol. The normalized spacial score (nSPS) is 20.2. The summed E-state index contributed by atoms with van der Waals surface area (Å²) in [4.78, 5) is 23.7. The number of hydrogen-bond acceptors (Lipinski definition) is 5. The number of benzene rings is 1. The number of nitrogens with zero attached hydrogens (tertiary/aromatic N) is 2. The predicted molar refractivity (Wildman–Crippen MR) is 77.3 cm³/mol. The summed E-state index contributed by atoms with van der Waals surface area (Å²) in [6.07, 6.45) is 0.384. The van der Waals surface area contributed by atoms with E-state index in [4.69, 9.17) is 11.6 Å². The van der Waals surface area contributed by atoms with Crippen molar-refractivity contribution in [3.63, 3.8) is 0 Å². The number of carbonyl (C=O) groups excluding carboxylic acids is 1. The number of hydrogen-bond donors (Lipinski definition) is 0. The highest BCUT2D eigenvalue weighted by molar-refractivity contribution is 7.91. The molecule has 7 nitrogen and oxygen atoms in total. The maximum absolute atomic E-state index is 12.3. The molecular weight excluding hydrogens is 320 g/mol. The van der Waals surface area contributed by atoms with E-state index in [9.17, 15) is 23.3 Å². The number of nitro benzene ring substituents is 1. The monoisotopic (exact) mass is 332 g/mol. The van der Waals surface area contributed by atoms with E-state index >= 15 is 0 Å². The van der Waals surface area contributed by atoms with Crippen LogP contribution < -0.4 is 0 Å². The number of non-ortho nitro benzene ring substituents is 1. The van der Waals surface area contributed by atoms with Gasteiger partial charge in [0, 0.05) is 25.2 Å². The van der Waals surface area contributed by atoms with Gasteiger partial charge in [-0.05, 0) is 12.5 Å². The van der Waals surface area contributed by atoms with Crippen molar-refractivity contribution < 1.29 is 18.1 Å². The predicted octanol–water partition coefficient (Wildman–Crippen LogP) is 1.51. The molecule has 1 aromatic rings. The third kappa shape index (κ3) is 3.33. The summed E-state index contributed by atoms with van der Waals surface area (Å²) in [5.74, 6) is -0.458. The summed E-state index contributed by atoms with van der Waals surface area (Å²) in [5, 5.41) is 10.6. The fourth-order valence-corrected chi connectivity index (χ4v) is 4.26. The molecule has 1 unspecified atom stereocenters. The van der Waals surface area contributed by atoms with E-state index in [2.05, 4.69) is 0 Å². The van der Waals surface area contributed by atoms with Crippen molar-refractivity contribution in [1.29, 1.82) is 0 Å². The first kappa shape index (κ1) is 15.7. The summed E-state index contributed by atoms with van der Waals surface area (Å²) in [6.45, 7) is 0. The molecule has 1 aliphatic heterocycles. The molecular formula is C12H13ClN2O5S. The number of halogens is 1. The van der Waals surface area contributed by atoms with Crippen molar-refractivity contribution in [2.45, 2.75) is 12.5 Å². The molecule has 0 aliphatic carbocycles. The molecule has 1 atom stereocenters. The Kier molecular flexibility index (Phi) is 4.20. The van der Waals surface area contributed by atoms with E-state index in [1.54, 1.807) is 0 Å². The largest absolute Gasteiger partial charge is 0.338 e. The van der Waals surface area contributed by atoms with E-state index in [0.717, 1.165) is 6.07 Å². The molecule has 2 rings (SSSR count). The van der Waals surface area contributed by atoms with Crippen LogP contribution in [0, 0.1) is 10.1 Å². The Balaban J connectivity index is 2.22. The average Bonchev–Trinajstić information content (AvgIpc) is 2.77. The van der Waals surface area contributed by atoms with Crippen LogP contribution in [0.4, 0.5) is 5.69 Å². The highest BCUT2D eigenvalue weighted by Crippen LogP contribution is 2.25. The van der Waals surface area contributed by atoms with Gasteiger partial charge in [-0.15, -0.1) is 0 Å². The zero-order valence-corrected chi connectivity index (χ0v) is 12.7. The molecule has 9 heteroatoms. The van der Waals surface area contributed by atoms with Gasteiger partial charge in [-0.3, -0.25) is 14.9 Å².